The maximum atomic E-state index is 13.6. The third-order valence-corrected chi connectivity index (χ3v) is 3.30. The van der Waals surface area contributed by atoms with Gasteiger partial charge in [-0.1, -0.05) is 13.0 Å². The molecule has 1 unspecified atom stereocenters. The Kier molecular flexibility index (Phi) is 5.48. The van der Waals surface area contributed by atoms with Crippen LogP contribution in [0.3, 0.4) is 0 Å². The number of aryl methyl sites for hydroxylation is 1. The lowest BCUT2D eigenvalue weighted by molar-refractivity contribution is 0.0936. The van der Waals surface area contributed by atoms with E-state index in [1.807, 2.05) is 13.2 Å². The molecule has 0 saturated heterocycles. The molecule has 0 aliphatic heterocycles. The molecular weight excluding hydrogens is 237 g/mol. The highest BCUT2D eigenvalue weighted by atomic mass is 32.2. The van der Waals surface area contributed by atoms with Gasteiger partial charge in [0.1, 0.15) is 5.82 Å². The Hall–Kier alpha value is -1.03. The van der Waals surface area contributed by atoms with Crippen LogP contribution in [0.2, 0.25) is 0 Å². The quantitative estimate of drug-likeness (QED) is 0.876. The summed E-state index contributed by atoms with van der Waals surface area (Å²) in [4.78, 5) is 11.9. The molecule has 0 heterocycles. The number of carbonyl (C=O) groups is 1. The second-order valence-electron chi connectivity index (χ2n) is 4.02. The molecule has 0 saturated carbocycles. The van der Waals surface area contributed by atoms with Crippen LogP contribution in [0.1, 0.15) is 29.3 Å². The molecule has 94 valence electrons. The summed E-state index contributed by atoms with van der Waals surface area (Å²) in [6.45, 7) is 3.81. The van der Waals surface area contributed by atoms with Gasteiger partial charge in [-0.15, -0.1) is 0 Å². The van der Waals surface area contributed by atoms with Crippen molar-refractivity contribution in [2.75, 3.05) is 12.0 Å². The topological polar surface area (TPSA) is 29.1 Å². The lowest BCUT2D eigenvalue weighted by atomic mass is 10.1. The summed E-state index contributed by atoms with van der Waals surface area (Å²) in [6.07, 6.45) is 2.83. The van der Waals surface area contributed by atoms with Crippen molar-refractivity contribution in [3.8, 4) is 0 Å². The average Bonchev–Trinajstić information content (AvgIpc) is 2.28. The summed E-state index contributed by atoms with van der Waals surface area (Å²) in [5, 5.41) is 2.84. The van der Waals surface area contributed by atoms with Gasteiger partial charge in [0, 0.05) is 11.8 Å². The van der Waals surface area contributed by atoms with Crippen LogP contribution in [0.5, 0.6) is 0 Å². The van der Waals surface area contributed by atoms with Gasteiger partial charge in [-0.3, -0.25) is 4.79 Å². The Labute approximate surface area is 106 Å². The first-order valence-corrected chi connectivity index (χ1v) is 7.03. The molecule has 1 rings (SSSR count). The molecule has 0 spiro atoms. The lowest BCUT2D eigenvalue weighted by Gasteiger charge is -2.16. The highest BCUT2D eigenvalue weighted by molar-refractivity contribution is 7.98. The molecule has 0 fully saturated rings. The van der Waals surface area contributed by atoms with E-state index in [9.17, 15) is 9.18 Å². The van der Waals surface area contributed by atoms with E-state index in [2.05, 4.69) is 5.32 Å². The fourth-order valence-electron chi connectivity index (χ4n) is 1.53. The summed E-state index contributed by atoms with van der Waals surface area (Å²) in [7, 11) is 0. The van der Waals surface area contributed by atoms with E-state index >= 15 is 0 Å². The fraction of sp³-hybridized carbons (Fsp3) is 0.462. The molecule has 1 N–H and O–H groups in total. The van der Waals surface area contributed by atoms with Crippen LogP contribution in [-0.2, 0) is 0 Å². The summed E-state index contributed by atoms with van der Waals surface area (Å²) >= 11 is 1.67. The minimum atomic E-state index is -0.457. The first kappa shape index (κ1) is 14.0. The molecular formula is C13H18FNOS. The number of thioether (sulfide) groups is 1. The van der Waals surface area contributed by atoms with Crippen molar-refractivity contribution in [1.29, 1.82) is 0 Å². The van der Waals surface area contributed by atoms with Gasteiger partial charge in [-0.25, -0.2) is 4.39 Å². The molecule has 1 aromatic carbocycles. The smallest absolute Gasteiger partial charge is 0.254 e. The third-order valence-electron chi connectivity index (χ3n) is 2.57. The van der Waals surface area contributed by atoms with Crippen molar-refractivity contribution >= 4 is 17.7 Å². The first-order chi connectivity index (χ1) is 8.08. The average molecular weight is 255 g/mol. The van der Waals surface area contributed by atoms with Crippen LogP contribution in [0.15, 0.2) is 18.2 Å². The molecule has 0 aliphatic carbocycles. The van der Waals surface area contributed by atoms with Gasteiger partial charge in [0.2, 0.25) is 0 Å². The van der Waals surface area contributed by atoms with Crippen LogP contribution in [0, 0.1) is 12.7 Å². The molecule has 0 aromatic heterocycles. The SMILES string of the molecule is CCC(CSC)NC(=O)c1ccc(C)cc1F. The monoisotopic (exact) mass is 255 g/mol. The standard InChI is InChI=1S/C13H18FNOS/c1-4-10(8-17-3)15-13(16)11-6-5-9(2)7-12(11)14/h5-7,10H,4,8H2,1-3H3,(H,15,16). The van der Waals surface area contributed by atoms with Crippen molar-refractivity contribution in [1.82, 2.24) is 5.32 Å². The maximum absolute atomic E-state index is 13.6. The zero-order valence-electron chi connectivity index (χ0n) is 10.4. The molecule has 4 heteroatoms. The Bertz CT molecular complexity index is 395. The summed E-state index contributed by atoms with van der Waals surface area (Å²) in [6, 6.07) is 4.75. The predicted octanol–water partition coefficient (Wildman–Crippen LogP) is 3.01. The second-order valence-corrected chi connectivity index (χ2v) is 4.93. The number of hydrogen-bond donors (Lipinski definition) is 1. The van der Waals surface area contributed by atoms with E-state index in [1.54, 1.807) is 24.8 Å². The summed E-state index contributed by atoms with van der Waals surface area (Å²) < 4.78 is 13.6. The number of halogens is 1. The van der Waals surface area contributed by atoms with Crippen molar-refractivity contribution in [2.24, 2.45) is 0 Å². The molecule has 0 bridgehead atoms. The number of amides is 1. The predicted molar refractivity (Wildman–Crippen MR) is 71.1 cm³/mol. The van der Waals surface area contributed by atoms with Gasteiger partial charge in [0.25, 0.3) is 5.91 Å². The van der Waals surface area contributed by atoms with Gasteiger partial charge in [-0.05, 0) is 37.3 Å². The van der Waals surface area contributed by atoms with E-state index in [0.29, 0.717) is 0 Å². The van der Waals surface area contributed by atoms with E-state index in [-0.39, 0.29) is 17.5 Å². The maximum Gasteiger partial charge on any atom is 0.254 e. The molecule has 0 radical (unpaired) electrons. The van der Waals surface area contributed by atoms with E-state index in [4.69, 9.17) is 0 Å². The number of benzene rings is 1. The molecule has 0 aliphatic rings. The van der Waals surface area contributed by atoms with Crippen LogP contribution < -0.4 is 5.32 Å². The highest BCUT2D eigenvalue weighted by Gasteiger charge is 2.15. The minimum Gasteiger partial charge on any atom is -0.348 e. The van der Waals surface area contributed by atoms with Crippen LogP contribution in [0.4, 0.5) is 4.39 Å². The van der Waals surface area contributed by atoms with Crippen molar-refractivity contribution in [3.63, 3.8) is 0 Å². The molecule has 1 atom stereocenters. The Morgan fingerprint density at radius 3 is 2.76 bits per heavy atom. The van der Waals surface area contributed by atoms with Gasteiger partial charge in [0.05, 0.1) is 5.56 Å². The van der Waals surface area contributed by atoms with Crippen LogP contribution in [0.25, 0.3) is 0 Å². The van der Waals surface area contributed by atoms with Gasteiger partial charge >= 0.3 is 0 Å². The van der Waals surface area contributed by atoms with E-state index in [0.717, 1.165) is 17.7 Å². The molecule has 17 heavy (non-hydrogen) atoms. The van der Waals surface area contributed by atoms with Gasteiger partial charge in [-0.2, -0.15) is 11.8 Å². The van der Waals surface area contributed by atoms with Gasteiger partial charge < -0.3 is 5.32 Å². The van der Waals surface area contributed by atoms with Gasteiger partial charge in [0.15, 0.2) is 0 Å². The Balaban J connectivity index is 2.75. The molecule has 1 aromatic rings. The van der Waals surface area contributed by atoms with E-state index < -0.39 is 5.82 Å². The summed E-state index contributed by atoms with van der Waals surface area (Å²) in [5.74, 6) is 0.0559. The zero-order valence-corrected chi connectivity index (χ0v) is 11.2. The third kappa shape index (κ3) is 4.04. The highest BCUT2D eigenvalue weighted by Crippen LogP contribution is 2.11. The number of carbonyl (C=O) groups excluding carboxylic acids is 1. The first-order valence-electron chi connectivity index (χ1n) is 5.64. The number of nitrogens with one attached hydrogen (secondary N) is 1. The second kappa shape index (κ2) is 6.64. The number of rotatable bonds is 5. The zero-order chi connectivity index (χ0) is 12.8. The molecule has 1 amide bonds. The number of hydrogen-bond acceptors (Lipinski definition) is 2. The molecule has 2 nitrogen and oxygen atoms in total. The Morgan fingerprint density at radius 2 is 2.24 bits per heavy atom. The largest absolute Gasteiger partial charge is 0.348 e. The summed E-state index contributed by atoms with van der Waals surface area (Å²) in [5.41, 5.74) is 0.936. The van der Waals surface area contributed by atoms with Crippen LogP contribution in [-0.4, -0.2) is 24.0 Å². The van der Waals surface area contributed by atoms with Crippen molar-refractivity contribution in [3.05, 3.63) is 35.1 Å². The van der Waals surface area contributed by atoms with Crippen molar-refractivity contribution < 1.29 is 9.18 Å². The minimum absolute atomic E-state index is 0.0956. The fourth-order valence-corrected chi connectivity index (χ4v) is 2.25. The van der Waals surface area contributed by atoms with Crippen LogP contribution >= 0.6 is 11.8 Å². The lowest BCUT2D eigenvalue weighted by Crippen LogP contribution is -2.36. The van der Waals surface area contributed by atoms with Crippen molar-refractivity contribution in [2.45, 2.75) is 26.3 Å². The Morgan fingerprint density at radius 1 is 1.53 bits per heavy atom. The van der Waals surface area contributed by atoms with E-state index in [1.165, 1.54) is 12.1 Å². The normalized spacial score (nSPS) is 12.2.